The van der Waals surface area contributed by atoms with Crippen molar-refractivity contribution in [1.82, 2.24) is 0 Å². The molecule has 0 radical (unpaired) electrons. The summed E-state index contributed by atoms with van der Waals surface area (Å²) in [7, 11) is 0. The average Bonchev–Trinajstić information content (AvgIpc) is 1.75. The second-order valence-corrected chi connectivity index (χ2v) is 5.11. The zero-order valence-corrected chi connectivity index (χ0v) is 8.22. The van der Waals surface area contributed by atoms with Gasteiger partial charge in [0.2, 0.25) is 0 Å². The zero-order valence-electron chi connectivity index (χ0n) is 8.22. The summed E-state index contributed by atoms with van der Waals surface area (Å²) in [6, 6.07) is 0. The fourth-order valence-electron chi connectivity index (χ4n) is 1.98. The molecule has 0 amide bonds. The summed E-state index contributed by atoms with van der Waals surface area (Å²) in [5.74, 6) is 0. The first kappa shape index (κ1) is 8.52. The molecular weight excluding hydrogens is 152 g/mol. The molecular formula is C10H18O2. The van der Waals surface area contributed by atoms with Crippen molar-refractivity contribution in [2.45, 2.75) is 45.3 Å². The molecule has 1 atom stereocenters. The summed E-state index contributed by atoms with van der Waals surface area (Å²) in [4.78, 5) is 0. The van der Waals surface area contributed by atoms with Gasteiger partial charge in [0.05, 0.1) is 24.9 Å². The molecule has 0 N–H and O–H groups in total. The van der Waals surface area contributed by atoms with Crippen LogP contribution in [0.2, 0.25) is 0 Å². The Morgan fingerprint density at radius 3 is 2.25 bits per heavy atom. The molecule has 0 aromatic rings. The highest BCUT2D eigenvalue weighted by Crippen LogP contribution is 2.49. The minimum Gasteiger partial charge on any atom is -0.380 e. The maximum absolute atomic E-state index is 5.95. The van der Waals surface area contributed by atoms with Gasteiger partial charge in [0, 0.05) is 5.41 Å². The second kappa shape index (κ2) is 2.46. The Kier molecular flexibility index (Phi) is 1.74. The predicted molar refractivity (Wildman–Crippen MR) is 47.1 cm³/mol. The molecule has 2 nitrogen and oxygen atoms in total. The van der Waals surface area contributed by atoms with E-state index in [0.717, 1.165) is 13.2 Å². The van der Waals surface area contributed by atoms with Crippen molar-refractivity contribution >= 4 is 0 Å². The van der Waals surface area contributed by atoms with E-state index in [4.69, 9.17) is 9.47 Å². The van der Waals surface area contributed by atoms with Crippen LogP contribution in [0.25, 0.3) is 0 Å². The van der Waals surface area contributed by atoms with Gasteiger partial charge in [-0.05, 0) is 33.6 Å². The highest BCUT2D eigenvalue weighted by Gasteiger charge is 2.54. The monoisotopic (exact) mass is 170 g/mol. The zero-order chi connectivity index (χ0) is 8.82. The smallest absolute Gasteiger partial charge is 0.0682 e. The lowest BCUT2D eigenvalue weighted by molar-refractivity contribution is -0.261. The minimum atomic E-state index is 0.00762. The Balaban J connectivity index is 1.89. The SMILES string of the molecule is CC(C)(C)OC1CCC12COC2. The van der Waals surface area contributed by atoms with Gasteiger partial charge in [-0.25, -0.2) is 0 Å². The molecule has 2 aliphatic rings. The molecule has 2 heteroatoms. The summed E-state index contributed by atoms with van der Waals surface area (Å²) in [6.07, 6.45) is 2.99. The molecule has 0 aromatic heterocycles. The summed E-state index contributed by atoms with van der Waals surface area (Å²) >= 11 is 0. The summed E-state index contributed by atoms with van der Waals surface area (Å²) in [5, 5.41) is 0. The summed E-state index contributed by atoms with van der Waals surface area (Å²) in [5.41, 5.74) is 0.432. The van der Waals surface area contributed by atoms with Crippen molar-refractivity contribution in [2.75, 3.05) is 13.2 Å². The Bertz CT molecular complexity index is 171. The lowest BCUT2D eigenvalue weighted by Crippen LogP contribution is -2.60. The molecule has 0 aromatic carbocycles. The third kappa shape index (κ3) is 1.27. The van der Waals surface area contributed by atoms with E-state index in [-0.39, 0.29) is 5.60 Å². The van der Waals surface area contributed by atoms with E-state index in [9.17, 15) is 0 Å². The van der Waals surface area contributed by atoms with Gasteiger partial charge in [0.25, 0.3) is 0 Å². The van der Waals surface area contributed by atoms with Gasteiger partial charge in [0.15, 0.2) is 0 Å². The Hall–Kier alpha value is -0.0800. The van der Waals surface area contributed by atoms with Gasteiger partial charge >= 0.3 is 0 Å². The van der Waals surface area contributed by atoms with Crippen molar-refractivity contribution in [2.24, 2.45) is 5.41 Å². The fraction of sp³-hybridized carbons (Fsp3) is 1.00. The van der Waals surface area contributed by atoms with Crippen molar-refractivity contribution in [3.63, 3.8) is 0 Å². The van der Waals surface area contributed by atoms with E-state index in [1.165, 1.54) is 12.8 Å². The van der Waals surface area contributed by atoms with Gasteiger partial charge in [0.1, 0.15) is 0 Å². The Labute approximate surface area is 74.2 Å². The van der Waals surface area contributed by atoms with Crippen molar-refractivity contribution in [3.05, 3.63) is 0 Å². The van der Waals surface area contributed by atoms with Crippen LogP contribution < -0.4 is 0 Å². The maximum Gasteiger partial charge on any atom is 0.0682 e. The fourth-order valence-corrected chi connectivity index (χ4v) is 1.98. The van der Waals surface area contributed by atoms with E-state index < -0.39 is 0 Å². The molecule has 1 unspecified atom stereocenters. The van der Waals surface area contributed by atoms with Gasteiger partial charge < -0.3 is 9.47 Å². The molecule has 1 spiro atoms. The Morgan fingerprint density at radius 2 is 2.00 bits per heavy atom. The van der Waals surface area contributed by atoms with Gasteiger partial charge in [-0.2, -0.15) is 0 Å². The second-order valence-electron chi connectivity index (χ2n) is 5.11. The molecule has 12 heavy (non-hydrogen) atoms. The molecule has 1 saturated heterocycles. The van der Waals surface area contributed by atoms with Crippen molar-refractivity contribution in [3.8, 4) is 0 Å². The molecule has 1 heterocycles. The van der Waals surface area contributed by atoms with E-state index in [1.807, 2.05) is 0 Å². The quantitative estimate of drug-likeness (QED) is 0.599. The topological polar surface area (TPSA) is 18.5 Å². The van der Waals surface area contributed by atoms with Crippen LogP contribution >= 0.6 is 0 Å². The lowest BCUT2D eigenvalue weighted by atomic mass is 9.64. The third-order valence-electron chi connectivity index (χ3n) is 2.86. The average molecular weight is 170 g/mol. The van der Waals surface area contributed by atoms with Crippen molar-refractivity contribution < 1.29 is 9.47 Å². The largest absolute Gasteiger partial charge is 0.380 e. The number of ether oxygens (including phenoxy) is 2. The van der Waals surface area contributed by atoms with E-state index in [2.05, 4.69) is 20.8 Å². The first-order valence-corrected chi connectivity index (χ1v) is 4.77. The minimum absolute atomic E-state index is 0.00762. The van der Waals surface area contributed by atoms with Crippen LogP contribution in [0.1, 0.15) is 33.6 Å². The normalized spacial score (nSPS) is 32.8. The van der Waals surface area contributed by atoms with Crippen LogP contribution in [-0.4, -0.2) is 24.9 Å². The van der Waals surface area contributed by atoms with Gasteiger partial charge in [-0.15, -0.1) is 0 Å². The summed E-state index contributed by atoms with van der Waals surface area (Å²) in [6.45, 7) is 8.22. The maximum atomic E-state index is 5.95. The molecule has 1 aliphatic carbocycles. The highest BCUT2D eigenvalue weighted by molar-refractivity contribution is 5.02. The standard InChI is InChI=1S/C10H18O2/c1-9(2,3)12-8-4-5-10(8)6-11-7-10/h8H,4-7H2,1-3H3. The highest BCUT2D eigenvalue weighted by atomic mass is 16.5. The van der Waals surface area contributed by atoms with Gasteiger partial charge in [-0.3, -0.25) is 0 Å². The van der Waals surface area contributed by atoms with Crippen LogP contribution in [0, 0.1) is 5.41 Å². The van der Waals surface area contributed by atoms with E-state index >= 15 is 0 Å². The number of rotatable bonds is 1. The van der Waals surface area contributed by atoms with E-state index in [0.29, 0.717) is 11.5 Å². The van der Waals surface area contributed by atoms with Crippen LogP contribution in [-0.2, 0) is 9.47 Å². The molecule has 2 fully saturated rings. The van der Waals surface area contributed by atoms with E-state index in [1.54, 1.807) is 0 Å². The third-order valence-corrected chi connectivity index (χ3v) is 2.86. The lowest BCUT2D eigenvalue weighted by Gasteiger charge is -2.56. The van der Waals surface area contributed by atoms with Crippen molar-refractivity contribution in [1.29, 1.82) is 0 Å². The first-order chi connectivity index (χ1) is 5.52. The predicted octanol–water partition coefficient (Wildman–Crippen LogP) is 1.98. The van der Waals surface area contributed by atoms with Crippen LogP contribution in [0.15, 0.2) is 0 Å². The van der Waals surface area contributed by atoms with Crippen LogP contribution in [0.5, 0.6) is 0 Å². The molecule has 1 saturated carbocycles. The van der Waals surface area contributed by atoms with Crippen LogP contribution in [0.3, 0.4) is 0 Å². The van der Waals surface area contributed by atoms with Gasteiger partial charge in [-0.1, -0.05) is 0 Å². The summed E-state index contributed by atoms with van der Waals surface area (Å²) < 4.78 is 11.2. The first-order valence-electron chi connectivity index (χ1n) is 4.77. The molecule has 0 bridgehead atoms. The van der Waals surface area contributed by atoms with Crippen LogP contribution in [0.4, 0.5) is 0 Å². The number of hydrogen-bond donors (Lipinski definition) is 0. The molecule has 2 rings (SSSR count). The molecule has 1 aliphatic heterocycles. The molecule has 70 valence electrons. The number of hydrogen-bond acceptors (Lipinski definition) is 2. The Morgan fingerprint density at radius 1 is 1.33 bits per heavy atom.